The number of thioether (sulfide) groups is 1. The molecule has 0 aromatic carbocycles. The van der Waals surface area contributed by atoms with Crippen molar-refractivity contribution >= 4 is 30.3 Å². The van der Waals surface area contributed by atoms with E-state index in [1.54, 1.807) is 11.8 Å². The molecule has 4 heteroatoms. The predicted molar refractivity (Wildman–Crippen MR) is 63.6 cm³/mol. The Labute approximate surface area is 90.6 Å². The number of hydrogen-bond donors (Lipinski definition) is 2. The van der Waals surface area contributed by atoms with Gasteiger partial charge in [-0.2, -0.15) is 24.4 Å². The summed E-state index contributed by atoms with van der Waals surface area (Å²) in [7, 11) is 0. The normalized spacial score (nSPS) is 15.5. The fourth-order valence-corrected chi connectivity index (χ4v) is 1.08. The largest absolute Gasteiger partial charge is 0.354 e. The summed E-state index contributed by atoms with van der Waals surface area (Å²) in [5.41, 5.74) is 0. The van der Waals surface area contributed by atoms with Gasteiger partial charge in [0.1, 0.15) is 0 Å². The molecule has 1 amide bonds. The summed E-state index contributed by atoms with van der Waals surface area (Å²) >= 11 is 5.98. The first-order valence-electron chi connectivity index (χ1n) is 4.47. The van der Waals surface area contributed by atoms with Crippen LogP contribution in [0.15, 0.2) is 0 Å². The lowest BCUT2D eigenvalue weighted by Crippen LogP contribution is -2.37. The quantitative estimate of drug-likeness (QED) is 0.693. The standard InChI is InChI=1S/C9H19NOS2/c1-6(2)8(12)9(11)10-5-7(3)13-4/h6-8,12H,5H2,1-4H3,(H,10,11). The van der Waals surface area contributed by atoms with E-state index in [4.69, 9.17) is 0 Å². The first kappa shape index (κ1) is 13.2. The molecule has 1 N–H and O–H groups in total. The highest BCUT2D eigenvalue weighted by molar-refractivity contribution is 7.99. The van der Waals surface area contributed by atoms with Gasteiger partial charge in [-0.15, -0.1) is 0 Å². The third-order valence-electron chi connectivity index (χ3n) is 1.87. The molecule has 2 unspecified atom stereocenters. The van der Waals surface area contributed by atoms with E-state index in [0.29, 0.717) is 5.25 Å². The van der Waals surface area contributed by atoms with E-state index < -0.39 is 0 Å². The summed E-state index contributed by atoms with van der Waals surface area (Å²) < 4.78 is 0. The Morgan fingerprint density at radius 3 is 2.38 bits per heavy atom. The maximum Gasteiger partial charge on any atom is 0.233 e. The van der Waals surface area contributed by atoms with Crippen molar-refractivity contribution in [3.63, 3.8) is 0 Å². The van der Waals surface area contributed by atoms with Gasteiger partial charge in [0, 0.05) is 11.8 Å². The second-order valence-electron chi connectivity index (χ2n) is 3.48. The van der Waals surface area contributed by atoms with Crippen molar-refractivity contribution in [2.75, 3.05) is 12.8 Å². The molecule has 0 radical (unpaired) electrons. The summed E-state index contributed by atoms with van der Waals surface area (Å²) in [5, 5.41) is 3.16. The van der Waals surface area contributed by atoms with Crippen molar-refractivity contribution in [3.8, 4) is 0 Å². The van der Waals surface area contributed by atoms with Crippen LogP contribution in [-0.2, 0) is 4.79 Å². The van der Waals surface area contributed by atoms with Crippen molar-refractivity contribution in [2.24, 2.45) is 5.92 Å². The lowest BCUT2D eigenvalue weighted by atomic mass is 10.1. The first-order valence-corrected chi connectivity index (χ1v) is 6.28. The van der Waals surface area contributed by atoms with Crippen molar-refractivity contribution in [2.45, 2.75) is 31.3 Å². The molecule has 0 rings (SSSR count). The van der Waals surface area contributed by atoms with E-state index in [1.807, 2.05) is 20.1 Å². The molecule has 0 aliphatic carbocycles. The highest BCUT2D eigenvalue weighted by Gasteiger charge is 2.17. The molecule has 0 fully saturated rings. The van der Waals surface area contributed by atoms with Crippen molar-refractivity contribution < 1.29 is 4.79 Å². The number of rotatable bonds is 5. The van der Waals surface area contributed by atoms with Crippen LogP contribution in [0, 0.1) is 5.92 Å². The van der Waals surface area contributed by atoms with Crippen LogP contribution in [0.2, 0.25) is 0 Å². The Hall–Kier alpha value is 0.170. The van der Waals surface area contributed by atoms with Crippen LogP contribution in [0.1, 0.15) is 20.8 Å². The van der Waals surface area contributed by atoms with Crippen LogP contribution >= 0.6 is 24.4 Å². The molecule has 0 bridgehead atoms. The Morgan fingerprint density at radius 2 is 2.00 bits per heavy atom. The molecule has 0 saturated heterocycles. The highest BCUT2D eigenvalue weighted by Crippen LogP contribution is 2.09. The molecular weight excluding hydrogens is 202 g/mol. The lowest BCUT2D eigenvalue weighted by Gasteiger charge is -2.16. The van der Waals surface area contributed by atoms with Gasteiger partial charge in [0.15, 0.2) is 0 Å². The molecule has 78 valence electrons. The topological polar surface area (TPSA) is 29.1 Å². The summed E-state index contributed by atoms with van der Waals surface area (Å²) in [6.45, 7) is 6.81. The molecular formula is C9H19NOS2. The minimum atomic E-state index is -0.186. The van der Waals surface area contributed by atoms with E-state index in [-0.39, 0.29) is 17.1 Å². The van der Waals surface area contributed by atoms with Crippen LogP contribution in [0.25, 0.3) is 0 Å². The van der Waals surface area contributed by atoms with E-state index in [1.165, 1.54) is 0 Å². The van der Waals surface area contributed by atoms with Gasteiger partial charge < -0.3 is 5.32 Å². The van der Waals surface area contributed by atoms with Gasteiger partial charge in [-0.3, -0.25) is 4.79 Å². The monoisotopic (exact) mass is 221 g/mol. The van der Waals surface area contributed by atoms with Gasteiger partial charge in [-0.25, -0.2) is 0 Å². The second kappa shape index (κ2) is 6.60. The van der Waals surface area contributed by atoms with E-state index in [0.717, 1.165) is 6.54 Å². The first-order chi connectivity index (χ1) is 5.99. The molecule has 0 saturated carbocycles. The van der Waals surface area contributed by atoms with Crippen LogP contribution in [0.5, 0.6) is 0 Å². The molecule has 0 aromatic heterocycles. The fraction of sp³-hybridized carbons (Fsp3) is 0.889. The average Bonchev–Trinajstić information content (AvgIpc) is 2.11. The molecule has 2 atom stereocenters. The van der Waals surface area contributed by atoms with Gasteiger partial charge in [0.2, 0.25) is 5.91 Å². The summed E-state index contributed by atoms with van der Waals surface area (Å²) in [4.78, 5) is 11.4. The summed E-state index contributed by atoms with van der Waals surface area (Å²) in [6.07, 6.45) is 2.04. The van der Waals surface area contributed by atoms with E-state index in [9.17, 15) is 4.79 Å². The average molecular weight is 221 g/mol. The molecule has 0 aliphatic heterocycles. The number of amides is 1. The Balaban J connectivity index is 3.74. The minimum absolute atomic E-state index is 0.0410. The van der Waals surface area contributed by atoms with Crippen LogP contribution < -0.4 is 5.32 Å². The van der Waals surface area contributed by atoms with Gasteiger partial charge in [0.25, 0.3) is 0 Å². The maximum absolute atomic E-state index is 11.4. The molecule has 13 heavy (non-hydrogen) atoms. The lowest BCUT2D eigenvalue weighted by molar-refractivity contribution is -0.121. The fourth-order valence-electron chi connectivity index (χ4n) is 0.735. The molecule has 0 aromatic rings. The number of hydrogen-bond acceptors (Lipinski definition) is 3. The molecule has 0 heterocycles. The zero-order valence-corrected chi connectivity index (χ0v) is 10.4. The van der Waals surface area contributed by atoms with E-state index >= 15 is 0 Å². The maximum atomic E-state index is 11.4. The number of thiol groups is 1. The second-order valence-corrected chi connectivity index (χ2v) is 5.31. The smallest absolute Gasteiger partial charge is 0.233 e. The van der Waals surface area contributed by atoms with Crippen LogP contribution in [0.4, 0.5) is 0 Å². The Morgan fingerprint density at radius 1 is 1.46 bits per heavy atom. The summed E-state index contributed by atoms with van der Waals surface area (Å²) in [6, 6.07) is 0. The predicted octanol–water partition coefficient (Wildman–Crippen LogP) is 1.81. The number of carbonyl (C=O) groups excluding carboxylic acids is 1. The zero-order valence-electron chi connectivity index (χ0n) is 8.70. The van der Waals surface area contributed by atoms with Crippen molar-refractivity contribution in [1.29, 1.82) is 0 Å². The SMILES string of the molecule is CSC(C)CNC(=O)C(S)C(C)C. The van der Waals surface area contributed by atoms with E-state index in [2.05, 4.69) is 24.9 Å². The van der Waals surface area contributed by atoms with Crippen LogP contribution in [0.3, 0.4) is 0 Å². The van der Waals surface area contributed by atoms with Gasteiger partial charge in [-0.05, 0) is 12.2 Å². The number of nitrogens with one attached hydrogen (secondary N) is 1. The third kappa shape index (κ3) is 5.47. The molecule has 2 nitrogen and oxygen atoms in total. The molecule has 0 spiro atoms. The molecule has 0 aliphatic rings. The minimum Gasteiger partial charge on any atom is -0.354 e. The van der Waals surface area contributed by atoms with Gasteiger partial charge in [-0.1, -0.05) is 20.8 Å². The third-order valence-corrected chi connectivity index (χ3v) is 3.67. The van der Waals surface area contributed by atoms with Gasteiger partial charge >= 0.3 is 0 Å². The summed E-state index contributed by atoms with van der Waals surface area (Å²) in [5.74, 6) is 0.326. The Kier molecular flexibility index (Phi) is 6.68. The van der Waals surface area contributed by atoms with Crippen molar-refractivity contribution in [1.82, 2.24) is 5.32 Å². The Bertz CT molecular complexity index is 162. The zero-order chi connectivity index (χ0) is 10.4. The highest BCUT2D eigenvalue weighted by atomic mass is 32.2. The van der Waals surface area contributed by atoms with Crippen molar-refractivity contribution in [3.05, 3.63) is 0 Å². The van der Waals surface area contributed by atoms with Crippen LogP contribution in [-0.4, -0.2) is 29.2 Å². The number of carbonyl (C=O) groups is 1. The van der Waals surface area contributed by atoms with Gasteiger partial charge in [0.05, 0.1) is 5.25 Å².